The van der Waals surface area contributed by atoms with Gasteiger partial charge in [0.15, 0.2) is 0 Å². The van der Waals surface area contributed by atoms with Crippen LogP contribution in [0.2, 0.25) is 5.02 Å². The molecule has 0 spiro atoms. The smallest absolute Gasteiger partial charge is 0.255 e. The maximum absolute atomic E-state index is 12.4. The number of carbonyl (C=O) groups excluding carboxylic acids is 2. The predicted molar refractivity (Wildman–Crippen MR) is 106 cm³/mol. The van der Waals surface area contributed by atoms with Gasteiger partial charge in [0.1, 0.15) is 0 Å². The van der Waals surface area contributed by atoms with Gasteiger partial charge < -0.3 is 10.6 Å². The molecule has 5 nitrogen and oxygen atoms in total. The van der Waals surface area contributed by atoms with E-state index in [0.717, 1.165) is 11.3 Å². The van der Waals surface area contributed by atoms with Crippen molar-refractivity contribution in [2.45, 2.75) is 13.5 Å². The molecule has 0 saturated carbocycles. The van der Waals surface area contributed by atoms with Crippen molar-refractivity contribution < 1.29 is 9.59 Å². The van der Waals surface area contributed by atoms with Crippen LogP contribution in [-0.4, -0.2) is 16.8 Å². The molecule has 0 aliphatic carbocycles. The summed E-state index contributed by atoms with van der Waals surface area (Å²) in [5.41, 5.74) is 3.29. The number of nitrogens with one attached hydrogen (secondary N) is 2. The summed E-state index contributed by atoms with van der Waals surface area (Å²) in [6.07, 6.45) is 1.68. The van der Waals surface area contributed by atoms with E-state index in [9.17, 15) is 9.59 Å². The van der Waals surface area contributed by atoms with Crippen molar-refractivity contribution >= 4 is 29.1 Å². The summed E-state index contributed by atoms with van der Waals surface area (Å²) in [5, 5.41) is 6.26. The lowest BCUT2D eigenvalue weighted by Crippen LogP contribution is -2.23. The molecule has 0 aliphatic rings. The van der Waals surface area contributed by atoms with Crippen LogP contribution in [0.5, 0.6) is 0 Å². The Bertz CT molecular complexity index is 957. The Morgan fingerprint density at radius 3 is 2.30 bits per heavy atom. The predicted octanol–water partition coefficient (Wildman–Crippen LogP) is 4.23. The minimum atomic E-state index is -0.249. The summed E-state index contributed by atoms with van der Waals surface area (Å²) in [7, 11) is 0. The summed E-state index contributed by atoms with van der Waals surface area (Å²) >= 11 is 5.93. The van der Waals surface area contributed by atoms with E-state index >= 15 is 0 Å². The summed E-state index contributed by atoms with van der Waals surface area (Å²) in [6, 6.07) is 17.3. The Hall–Kier alpha value is -3.18. The second kappa shape index (κ2) is 8.47. The summed E-state index contributed by atoms with van der Waals surface area (Å²) < 4.78 is 0. The maximum Gasteiger partial charge on any atom is 0.255 e. The van der Waals surface area contributed by atoms with Crippen molar-refractivity contribution in [3.05, 3.63) is 94.3 Å². The lowest BCUT2D eigenvalue weighted by Gasteiger charge is -2.09. The number of halogens is 1. The van der Waals surface area contributed by atoms with E-state index in [-0.39, 0.29) is 11.8 Å². The zero-order chi connectivity index (χ0) is 19.2. The molecule has 0 unspecified atom stereocenters. The number of rotatable bonds is 5. The van der Waals surface area contributed by atoms with Gasteiger partial charge in [-0.3, -0.25) is 14.6 Å². The summed E-state index contributed by atoms with van der Waals surface area (Å²) in [4.78, 5) is 28.8. The van der Waals surface area contributed by atoms with Crippen LogP contribution in [0.25, 0.3) is 0 Å². The third-order valence-corrected chi connectivity index (χ3v) is 4.24. The molecule has 0 bridgehead atoms. The molecule has 3 rings (SSSR count). The highest BCUT2D eigenvalue weighted by atomic mass is 35.5. The number of aromatic nitrogens is 1. The van der Waals surface area contributed by atoms with Gasteiger partial charge in [-0.15, -0.1) is 0 Å². The highest BCUT2D eigenvalue weighted by molar-refractivity contribution is 6.30. The van der Waals surface area contributed by atoms with Crippen molar-refractivity contribution in [2.24, 2.45) is 0 Å². The Morgan fingerprint density at radius 1 is 0.963 bits per heavy atom. The summed E-state index contributed by atoms with van der Waals surface area (Å²) in [5.74, 6) is -0.470. The Kier molecular flexibility index (Phi) is 5.84. The molecule has 2 aromatic carbocycles. The average Bonchev–Trinajstić information content (AvgIpc) is 2.69. The van der Waals surface area contributed by atoms with Crippen LogP contribution in [0.4, 0.5) is 5.69 Å². The number of nitrogens with zero attached hydrogens (tertiary/aromatic N) is 1. The average molecular weight is 380 g/mol. The molecule has 1 aromatic heterocycles. The fraction of sp³-hybridized carbons (Fsp3) is 0.0952. The van der Waals surface area contributed by atoms with Gasteiger partial charge in [-0.2, -0.15) is 0 Å². The first-order valence-corrected chi connectivity index (χ1v) is 8.76. The monoisotopic (exact) mass is 379 g/mol. The van der Waals surface area contributed by atoms with E-state index in [1.54, 1.807) is 48.7 Å². The molecule has 0 fully saturated rings. The molecule has 27 heavy (non-hydrogen) atoms. The zero-order valence-electron chi connectivity index (χ0n) is 14.7. The van der Waals surface area contributed by atoms with Crippen LogP contribution in [-0.2, 0) is 6.54 Å². The number of aryl methyl sites for hydroxylation is 1. The lowest BCUT2D eigenvalue weighted by atomic mass is 10.1. The molecule has 0 aliphatic heterocycles. The molecule has 2 N–H and O–H groups in total. The quantitative estimate of drug-likeness (QED) is 0.697. The van der Waals surface area contributed by atoms with Crippen LogP contribution in [0.15, 0.2) is 66.9 Å². The normalized spacial score (nSPS) is 10.3. The fourth-order valence-electron chi connectivity index (χ4n) is 2.51. The number of carbonyl (C=O) groups is 2. The molecule has 0 radical (unpaired) electrons. The van der Waals surface area contributed by atoms with Crippen LogP contribution in [0.1, 0.15) is 32.0 Å². The van der Waals surface area contributed by atoms with Gasteiger partial charge in [0, 0.05) is 28.0 Å². The molecule has 3 aromatic rings. The number of anilines is 1. The Morgan fingerprint density at radius 2 is 1.67 bits per heavy atom. The first-order valence-electron chi connectivity index (χ1n) is 8.38. The maximum atomic E-state index is 12.4. The van der Waals surface area contributed by atoms with E-state index in [0.29, 0.717) is 28.4 Å². The molecular weight excluding hydrogens is 362 g/mol. The first-order chi connectivity index (χ1) is 13.0. The zero-order valence-corrected chi connectivity index (χ0v) is 15.5. The number of pyridine rings is 1. The van der Waals surface area contributed by atoms with Crippen molar-refractivity contribution in [3.63, 3.8) is 0 Å². The molecule has 1 heterocycles. The van der Waals surface area contributed by atoms with Gasteiger partial charge in [-0.1, -0.05) is 17.7 Å². The van der Waals surface area contributed by atoms with E-state index in [2.05, 4.69) is 15.6 Å². The minimum absolute atomic E-state index is 0.221. The third kappa shape index (κ3) is 4.92. The molecule has 136 valence electrons. The van der Waals surface area contributed by atoms with Gasteiger partial charge in [0.25, 0.3) is 11.8 Å². The van der Waals surface area contributed by atoms with Gasteiger partial charge in [-0.25, -0.2) is 0 Å². The van der Waals surface area contributed by atoms with Gasteiger partial charge >= 0.3 is 0 Å². The topological polar surface area (TPSA) is 71.1 Å². The molecular formula is C21H18ClN3O2. The van der Waals surface area contributed by atoms with Crippen LogP contribution in [0, 0.1) is 6.92 Å². The largest absolute Gasteiger partial charge is 0.346 e. The lowest BCUT2D eigenvalue weighted by molar-refractivity contribution is 0.0948. The molecule has 0 saturated heterocycles. The first kappa shape index (κ1) is 18.6. The number of benzene rings is 2. The number of hydrogen-bond acceptors (Lipinski definition) is 3. The Labute approximate surface area is 162 Å². The minimum Gasteiger partial charge on any atom is -0.346 e. The second-order valence-corrected chi connectivity index (χ2v) is 6.43. The van der Waals surface area contributed by atoms with Crippen molar-refractivity contribution in [2.75, 3.05) is 5.32 Å². The highest BCUT2D eigenvalue weighted by Gasteiger charge is 2.10. The molecule has 6 heteroatoms. The van der Waals surface area contributed by atoms with E-state index in [1.165, 1.54) is 0 Å². The van der Waals surface area contributed by atoms with Crippen LogP contribution < -0.4 is 10.6 Å². The summed E-state index contributed by atoms with van der Waals surface area (Å²) in [6.45, 7) is 2.22. The Balaban J connectivity index is 1.62. The number of hydrogen-bond donors (Lipinski definition) is 2. The van der Waals surface area contributed by atoms with Crippen LogP contribution in [0.3, 0.4) is 0 Å². The standard InChI is InChI=1S/C21H18ClN3O2/c1-14-12-17(22)9-10-19(14)25-21(27)16-7-5-15(6-8-16)20(26)24-13-18-4-2-3-11-23-18/h2-12H,13H2,1H3,(H,24,26)(H,25,27). The van der Waals surface area contributed by atoms with E-state index in [1.807, 2.05) is 25.1 Å². The SMILES string of the molecule is Cc1cc(Cl)ccc1NC(=O)c1ccc(C(=O)NCc2ccccn2)cc1. The third-order valence-electron chi connectivity index (χ3n) is 4.00. The highest BCUT2D eigenvalue weighted by Crippen LogP contribution is 2.20. The van der Waals surface area contributed by atoms with Gasteiger partial charge in [-0.05, 0) is 67.1 Å². The second-order valence-electron chi connectivity index (χ2n) is 5.99. The fourth-order valence-corrected chi connectivity index (χ4v) is 2.74. The molecule has 0 atom stereocenters. The van der Waals surface area contributed by atoms with Gasteiger partial charge in [0.05, 0.1) is 12.2 Å². The van der Waals surface area contributed by atoms with Crippen molar-refractivity contribution in [3.8, 4) is 0 Å². The molecule has 2 amide bonds. The van der Waals surface area contributed by atoms with E-state index in [4.69, 9.17) is 11.6 Å². The van der Waals surface area contributed by atoms with Gasteiger partial charge in [0.2, 0.25) is 0 Å². The number of amides is 2. The van der Waals surface area contributed by atoms with Crippen molar-refractivity contribution in [1.82, 2.24) is 10.3 Å². The van der Waals surface area contributed by atoms with Crippen molar-refractivity contribution in [1.29, 1.82) is 0 Å². The van der Waals surface area contributed by atoms with E-state index < -0.39 is 0 Å². The van der Waals surface area contributed by atoms with Crippen LogP contribution >= 0.6 is 11.6 Å².